The third kappa shape index (κ3) is 9.25. The van der Waals surface area contributed by atoms with Crippen LogP contribution in [0.1, 0.15) is 26.2 Å². The molecule has 0 spiro atoms. The second-order valence-corrected chi connectivity index (χ2v) is 3.67. The molecule has 0 aliphatic rings. The summed E-state index contributed by atoms with van der Waals surface area (Å²) < 4.78 is 32.7. The van der Waals surface area contributed by atoms with Crippen molar-refractivity contribution in [1.82, 2.24) is 0 Å². The van der Waals surface area contributed by atoms with Crippen molar-refractivity contribution in [3.8, 4) is 0 Å². The lowest BCUT2D eigenvalue weighted by molar-refractivity contribution is -0.137. The van der Waals surface area contributed by atoms with E-state index >= 15 is 0 Å². The molecule has 0 heterocycles. The van der Waals surface area contributed by atoms with Crippen molar-refractivity contribution in [2.45, 2.75) is 32.3 Å². The highest BCUT2D eigenvalue weighted by Gasteiger charge is 2.12. The summed E-state index contributed by atoms with van der Waals surface area (Å²) in [6, 6.07) is 0. The Morgan fingerprint density at radius 3 is 2.46 bits per heavy atom. The van der Waals surface area contributed by atoms with Gasteiger partial charge in [0.1, 0.15) is 0 Å². The summed E-state index contributed by atoms with van der Waals surface area (Å²) in [6.07, 6.45) is -0.161. The van der Waals surface area contributed by atoms with E-state index in [1.807, 2.05) is 0 Å². The average molecular weight is 212 g/mol. The molecule has 0 rings (SSSR count). The number of hydrogen-bond donors (Lipinski definition) is 2. The smallest absolute Gasteiger partial charge is 0.397 e. The predicted molar refractivity (Wildman–Crippen MR) is 43.6 cm³/mol. The van der Waals surface area contributed by atoms with Crippen LogP contribution in [0.5, 0.6) is 0 Å². The Kier molecular flexibility index (Phi) is 4.89. The first-order valence-electron chi connectivity index (χ1n) is 3.69. The molecular formula is C6H12O6S. The van der Waals surface area contributed by atoms with Crippen LogP contribution in [0.2, 0.25) is 0 Å². The molecule has 0 amide bonds. The highest BCUT2D eigenvalue weighted by molar-refractivity contribution is 7.80. The van der Waals surface area contributed by atoms with Gasteiger partial charge in [0.05, 0.1) is 6.10 Å². The van der Waals surface area contributed by atoms with E-state index in [0.717, 1.165) is 0 Å². The Morgan fingerprint density at radius 2 is 2.08 bits per heavy atom. The average Bonchev–Trinajstić information content (AvgIpc) is 1.81. The predicted octanol–water partition coefficient (Wildman–Crippen LogP) is 0.449. The van der Waals surface area contributed by atoms with Crippen LogP contribution in [0, 0.1) is 0 Å². The van der Waals surface area contributed by atoms with E-state index in [2.05, 4.69) is 4.18 Å². The number of carbonyl (C=O) groups is 1. The summed E-state index contributed by atoms with van der Waals surface area (Å²) in [7, 11) is -4.42. The minimum Gasteiger partial charge on any atom is -0.481 e. The van der Waals surface area contributed by atoms with Crippen molar-refractivity contribution in [3.63, 3.8) is 0 Å². The topological polar surface area (TPSA) is 101 Å². The second kappa shape index (κ2) is 5.15. The standard InChI is InChI=1S/C6H12O6S/c1-5(12-13(9,10)11)3-2-4-6(7)8/h5H,2-4H2,1H3,(H,7,8)(H,9,10,11). The van der Waals surface area contributed by atoms with Gasteiger partial charge < -0.3 is 5.11 Å². The van der Waals surface area contributed by atoms with E-state index in [-0.39, 0.29) is 12.8 Å². The second-order valence-electron chi connectivity index (χ2n) is 2.62. The summed E-state index contributed by atoms with van der Waals surface area (Å²) in [6.45, 7) is 1.44. The molecule has 0 aromatic carbocycles. The van der Waals surface area contributed by atoms with Crippen LogP contribution in [0.3, 0.4) is 0 Å². The monoisotopic (exact) mass is 212 g/mol. The van der Waals surface area contributed by atoms with Gasteiger partial charge in [0.15, 0.2) is 0 Å². The van der Waals surface area contributed by atoms with Gasteiger partial charge in [0, 0.05) is 6.42 Å². The molecule has 1 atom stereocenters. The first-order chi connectivity index (χ1) is 5.81. The van der Waals surface area contributed by atoms with Gasteiger partial charge in [-0.3, -0.25) is 9.35 Å². The van der Waals surface area contributed by atoms with Gasteiger partial charge in [-0.05, 0) is 19.8 Å². The summed E-state index contributed by atoms with van der Waals surface area (Å²) in [5.41, 5.74) is 0. The van der Waals surface area contributed by atoms with Gasteiger partial charge in [-0.25, -0.2) is 4.18 Å². The first kappa shape index (κ1) is 12.3. The maximum Gasteiger partial charge on any atom is 0.397 e. The van der Waals surface area contributed by atoms with E-state index in [4.69, 9.17) is 9.66 Å². The molecule has 0 saturated carbocycles. The molecule has 1 unspecified atom stereocenters. The van der Waals surface area contributed by atoms with Crippen molar-refractivity contribution in [3.05, 3.63) is 0 Å². The molecule has 0 radical (unpaired) electrons. The summed E-state index contributed by atoms with van der Waals surface area (Å²) in [5.74, 6) is -0.945. The zero-order valence-corrected chi connectivity index (χ0v) is 7.95. The number of carboxylic acid groups (broad SMARTS) is 1. The van der Waals surface area contributed by atoms with E-state index < -0.39 is 22.5 Å². The third-order valence-electron chi connectivity index (χ3n) is 1.29. The third-order valence-corrected chi connectivity index (χ3v) is 1.86. The molecule has 0 saturated heterocycles. The molecule has 6 nitrogen and oxygen atoms in total. The summed E-state index contributed by atoms with van der Waals surface area (Å²) in [5, 5.41) is 8.25. The molecule has 7 heteroatoms. The van der Waals surface area contributed by atoms with Crippen LogP contribution < -0.4 is 0 Å². The minimum atomic E-state index is -4.42. The van der Waals surface area contributed by atoms with Crippen LogP contribution in [-0.2, 0) is 19.4 Å². The maximum absolute atomic E-state index is 10.2. The Morgan fingerprint density at radius 1 is 1.54 bits per heavy atom. The number of hydrogen-bond acceptors (Lipinski definition) is 4. The van der Waals surface area contributed by atoms with Crippen molar-refractivity contribution in [2.75, 3.05) is 0 Å². The van der Waals surface area contributed by atoms with Gasteiger partial charge in [-0.15, -0.1) is 0 Å². The number of rotatable bonds is 6. The van der Waals surface area contributed by atoms with Gasteiger partial charge >= 0.3 is 16.4 Å². The molecule has 0 aliphatic heterocycles. The number of aliphatic carboxylic acids is 1. The highest BCUT2D eigenvalue weighted by atomic mass is 32.3. The molecule has 78 valence electrons. The van der Waals surface area contributed by atoms with E-state index in [1.165, 1.54) is 6.92 Å². The van der Waals surface area contributed by atoms with Crippen molar-refractivity contribution in [2.24, 2.45) is 0 Å². The Hall–Kier alpha value is -0.660. The Bertz CT molecular complexity index is 256. The van der Waals surface area contributed by atoms with Gasteiger partial charge in [-0.1, -0.05) is 0 Å². The van der Waals surface area contributed by atoms with E-state index in [1.54, 1.807) is 0 Å². The zero-order chi connectivity index (χ0) is 10.5. The fourth-order valence-electron chi connectivity index (χ4n) is 0.796. The molecule has 13 heavy (non-hydrogen) atoms. The molecule has 0 aromatic rings. The minimum absolute atomic E-state index is 0.0425. The lowest BCUT2D eigenvalue weighted by atomic mass is 10.2. The van der Waals surface area contributed by atoms with E-state index in [0.29, 0.717) is 6.42 Å². The fourth-order valence-corrected chi connectivity index (χ4v) is 1.31. The molecule has 0 bridgehead atoms. The van der Waals surface area contributed by atoms with Crippen LogP contribution >= 0.6 is 0 Å². The summed E-state index contributed by atoms with van der Waals surface area (Å²) >= 11 is 0. The Balaban J connectivity index is 3.64. The van der Waals surface area contributed by atoms with Crippen LogP contribution in [-0.4, -0.2) is 30.2 Å². The molecule has 0 aromatic heterocycles. The van der Waals surface area contributed by atoms with Crippen molar-refractivity contribution >= 4 is 16.4 Å². The Labute approximate surface area is 76.5 Å². The van der Waals surface area contributed by atoms with E-state index in [9.17, 15) is 13.2 Å². The quantitative estimate of drug-likeness (QED) is 0.620. The fraction of sp³-hybridized carbons (Fsp3) is 0.833. The van der Waals surface area contributed by atoms with Crippen LogP contribution in [0.4, 0.5) is 0 Å². The lowest BCUT2D eigenvalue weighted by Crippen LogP contribution is -2.14. The largest absolute Gasteiger partial charge is 0.481 e. The SMILES string of the molecule is CC(CCCC(=O)O)OS(=O)(=O)O. The number of carboxylic acids is 1. The highest BCUT2D eigenvalue weighted by Crippen LogP contribution is 2.06. The molecule has 2 N–H and O–H groups in total. The normalized spacial score (nSPS) is 14.0. The molecule has 0 aliphatic carbocycles. The van der Waals surface area contributed by atoms with Crippen LogP contribution in [0.15, 0.2) is 0 Å². The first-order valence-corrected chi connectivity index (χ1v) is 5.05. The zero-order valence-electron chi connectivity index (χ0n) is 7.13. The van der Waals surface area contributed by atoms with Gasteiger partial charge in [0.25, 0.3) is 0 Å². The van der Waals surface area contributed by atoms with Crippen molar-refractivity contribution < 1.29 is 27.1 Å². The summed E-state index contributed by atoms with van der Waals surface area (Å²) in [4.78, 5) is 10.1. The lowest BCUT2D eigenvalue weighted by Gasteiger charge is -2.07. The molecular weight excluding hydrogens is 200 g/mol. The molecule has 0 fully saturated rings. The maximum atomic E-state index is 10.2. The van der Waals surface area contributed by atoms with Gasteiger partial charge in [0.2, 0.25) is 0 Å². The van der Waals surface area contributed by atoms with Gasteiger partial charge in [-0.2, -0.15) is 8.42 Å². The van der Waals surface area contributed by atoms with Crippen LogP contribution in [0.25, 0.3) is 0 Å². The van der Waals surface area contributed by atoms with Crippen molar-refractivity contribution in [1.29, 1.82) is 0 Å².